The maximum Gasteiger partial charge on any atom is 0.253 e. The second-order valence-electron chi connectivity index (χ2n) is 9.23. The molecule has 2 N–H and O–H groups in total. The Bertz CT molecular complexity index is 1480. The highest BCUT2D eigenvalue weighted by atomic mass is 79.9. The molecule has 10 nitrogen and oxygen atoms in total. The number of anilines is 4. The Kier molecular flexibility index (Phi) is 8.44. The van der Waals surface area contributed by atoms with E-state index in [0.29, 0.717) is 23.9 Å². The van der Waals surface area contributed by atoms with Crippen molar-refractivity contribution >= 4 is 68.0 Å². The van der Waals surface area contributed by atoms with E-state index in [0.717, 1.165) is 58.6 Å². The van der Waals surface area contributed by atoms with Crippen molar-refractivity contribution in [2.45, 2.75) is 6.54 Å². The van der Waals surface area contributed by atoms with Crippen LogP contribution in [-0.2, 0) is 6.54 Å². The molecular formula is C27H30BrN9OS. The van der Waals surface area contributed by atoms with Gasteiger partial charge in [-0.15, -0.1) is 0 Å². The van der Waals surface area contributed by atoms with E-state index in [4.69, 9.17) is 4.98 Å². The molecule has 1 saturated heterocycles. The molecule has 1 aliphatic heterocycles. The number of halogens is 1. The Balaban J connectivity index is 1.32. The summed E-state index contributed by atoms with van der Waals surface area (Å²) in [6, 6.07) is 11.6. The monoisotopic (exact) mass is 607 g/mol. The number of amides is 1. The number of aromatic nitrogens is 4. The largest absolute Gasteiger partial charge is 0.350 e. The van der Waals surface area contributed by atoms with Gasteiger partial charge in [-0.05, 0) is 52.8 Å². The van der Waals surface area contributed by atoms with Gasteiger partial charge in [0.1, 0.15) is 11.3 Å². The van der Waals surface area contributed by atoms with Crippen molar-refractivity contribution in [2.24, 2.45) is 0 Å². The lowest BCUT2D eigenvalue weighted by Gasteiger charge is -2.32. The molecule has 0 spiro atoms. The highest BCUT2D eigenvalue weighted by Crippen LogP contribution is 2.37. The first-order chi connectivity index (χ1) is 18.9. The van der Waals surface area contributed by atoms with Crippen molar-refractivity contribution in [3.05, 3.63) is 70.6 Å². The third-order valence-corrected chi connectivity index (χ3v) is 7.93. The van der Waals surface area contributed by atoms with Crippen LogP contribution >= 0.6 is 27.9 Å². The molecule has 39 heavy (non-hydrogen) atoms. The van der Waals surface area contributed by atoms with Crippen LogP contribution in [0.5, 0.6) is 0 Å². The molecule has 0 saturated carbocycles. The SMILES string of the molecule is CSN(C)c1c(Nc2nc(NCc3cccc(C(=O)N4CCN(C)CC4)c3)ncc2Br)ccc2nccnc12. The normalized spacial score (nSPS) is 13.9. The second kappa shape index (κ2) is 12.1. The van der Waals surface area contributed by atoms with Crippen molar-refractivity contribution in [1.82, 2.24) is 29.7 Å². The van der Waals surface area contributed by atoms with Crippen LogP contribution in [0, 0.1) is 0 Å². The number of benzene rings is 2. The minimum absolute atomic E-state index is 0.0717. The zero-order valence-corrected chi connectivity index (χ0v) is 24.5. The van der Waals surface area contributed by atoms with Gasteiger partial charge < -0.3 is 24.7 Å². The average molecular weight is 609 g/mol. The molecule has 2 aromatic heterocycles. The van der Waals surface area contributed by atoms with Gasteiger partial charge in [0, 0.05) is 70.2 Å². The van der Waals surface area contributed by atoms with Crippen molar-refractivity contribution in [1.29, 1.82) is 0 Å². The number of nitrogens with one attached hydrogen (secondary N) is 2. The van der Waals surface area contributed by atoms with Crippen LogP contribution in [0.1, 0.15) is 15.9 Å². The Morgan fingerprint density at radius 2 is 1.90 bits per heavy atom. The van der Waals surface area contributed by atoms with Crippen LogP contribution < -0.4 is 14.9 Å². The lowest BCUT2D eigenvalue weighted by molar-refractivity contribution is 0.0664. The quantitative estimate of drug-likeness (QED) is 0.275. The molecule has 1 fully saturated rings. The van der Waals surface area contributed by atoms with E-state index >= 15 is 0 Å². The zero-order valence-electron chi connectivity index (χ0n) is 22.1. The maximum atomic E-state index is 13.0. The molecule has 5 rings (SSSR count). The van der Waals surface area contributed by atoms with Crippen LogP contribution in [0.25, 0.3) is 11.0 Å². The lowest BCUT2D eigenvalue weighted by Crippen LogP contribution is -2.47. The van der Waals surface area contributed by atoms with Gasteiger partial charge in [0.25, 0.3) is 5.91 Å². The molecule has 0 atom stereocenters. The summed E-state index contributed by atoms with van der Waals surface area (Å²) in [6.45, 7) is 3.77. The fourth-order valence-corrected chi connectivity index (χ4v) is 5.05. The maximum absolute atomic E-state index is 13.0. The Labute approximate surface area is 240 Å². The van der Waals surface area contributed by atoms with Gasteiger partial charge in [-0.25, -0.2) is 4.98 Å². The number of rotatable bonds is 8. The molecule has 0 aliphatic carbocycles. The number of piperazine rings is 1. The van der Waals surface area contributed by atoms with Gasteiger partial charge in [0.05, 0.1) is 21.4 Å². The first-order valence-electron chi connectivity index (χ1n) is 12.5. The summed E-state index contributed by atoms with van der Waals surface area (Å²) in [5.74, 6) is 1.16. The number of hydrogen-bond acceptors (Lipinski definition) is 10. The molecular weight excluding hydrogens is 578 g/mol. The zero-order chi connectivity index (χ0) is 27.4. The lowest BCUT2D eigenvalue weighted by atomic mass is 10.1. The molecule has 0 bridgehead atoms. The van der Waals surface area contributed by atoms with Gasteiger partial charge >= 0.3 is 0 Å². The van der Waals surface area contributed by atoms with E-state index in [1.54, 1.807) is 30.5 Å². The molecule has 12 heteroatoms. The summed E-state index contributed by atoms with van der Waals surface area (Å²) >= 11 is 5.15. The molecule has 2 aromatic carbocycles. The second-order valence-corrected chi connectivity index (χ2v) is 11.0. The minimum Gasteiger partial charge on any atom is -0.350 e. The Morgan fingerprint density at radius 1 is 1.10 bits per heavy atom. The summed E-state index contributed by atoms with van der Waals surface area (Å²) in [5, 5.41) is 6.73. The van der Waals surface area contributed by atoms with Crippen molar-refractivity contribution in [3.63, 3.8) is 0 Å². The smallest absolute Gasteiger partial charge is 0.253 e. The number of carbonyl (C=O) groups excluding carboxylic acids is 1. The van der Waals surface area contributed by atoms with Crippen LogP contribution in [0.15, 0.2) is 59.5 Å². The van der Waals surface area contributed by atoms with Crippen LogP contribution in [0.3, 0.4) is 0 Å². The molecule has 4 aromatic rings. The summed E-state index contributed by atoms with van der Waals surface area (Å²) in [4.78, 5) is 35.3. The predicted octanol–water partition coefficient (Wildman–Crippen LogP) is 4.64. The van der Waals surface area contributed by atoms with E-state index in [-0.39, 0.29) is 5.91 Å². The van der Waals surface area contributed by atoms with Gasteiger partial charge in [0.15, 0.2) is 0 Å². The van der Waals surface area contributed by atoms with Gasteiger partial charge in [-0.1, -0.05) is 24.1 Å². The first kappa shape index (κ1) is 27.1. The van der Waals surface area contributed by atoms with Crippen LogP contribution in [0.2, 0.25) is 0 Å². The summed E-state index contributed by atoms with van der Waals surface area (Å²) in [6.07, 6.45) is 7.11. The summed E-state index contributed by atoms with van der Waals surface area (Å²) in [5.41, 5.74) is 5.05. The average Bonchev–Trinajstić information content (AvgIpc) is 2.97. The van der Waals surface area contributed by atoms with Crippen LogP contribution in [-0.4, -0.2) is 82.2 Å². The highest BCUT2D eigenvalue weighted by Gasteiger charge is 2.20. The van der Waals surface area contributed by atoms with Crippen molar-refractivity contribution < 1.29 is 4.79 Å². The summed E-state index contributed by atoms with van der Waals surface area (Å²) in [7, 11) is 4.07. The number of hydrogen-bond donors (Lipinski definition) is 2. The standard InChI is InChI=1S/C27H30BrN9OS/c1-35-11-13-37(14-12-35)26(38)19-6-4-5-18(15-19)16-31-27-32-17-20(28)25(34-27)33-22-8-7-21-23(30-10-9-29-21)24(22)36(2)39-3/h4-10,15,17H,11-14,16H2,1-3H3,(H2,31,32,33,34). The van der Waals surface area contributed by atoms with E-state index in [9.17, 15) is 4.79 Å². The fraction of sp³-hybridized carbons (Fsp3) is 0.296. The number of likely N-dealkylation sites (N-methyl/N-ethyl adjacent to an activating group) is 1. The first-order valence-corrected chi connectivity index (χ1v) is 14.5. The third kappa shape index (κ3) is 6.23. The molecule has 202 valence electrons. The van der Waals surface area contributed by atoms with E-state index in [2.05, 4.69) is 53.5 Å². The highest BCUT2D eigenvalue weighted by molar-refractivity contribution is 9.10. The van der Waals surface area contributed by atoms with Gasteiger partial charge in [-0.3, -0.25) is 14.8 Å². The minimum atomic E-state index is 0.0717. The molecule has 3 heterocycles. The summed E-state index contributed by atoms with van der Waals surface area (Å²) < 4.78 is 2.77. The van der Waals surface area contributed by atoms with Crippen LogP contribution in [0.4, 0.5) is 23.1 Å². The number of fused-ring (bicyclic) bond motifs is 1. The third-order valence-electron chi connectivity index (χ3n) is 6.61. The Hall–Kier alpha value is -3.48. The molecule has 1 amide bonds. The Morgan fingerprint density at radius 3 is 2.69 bits per heavy atom. The van der Waals surface area contributed by atoms with Crippen molar-refractivity contribution in [3.8, 4) is 0 Å². The van der Waals surface area contributed by atoms with E-state index in [1.165, 1.54) is 0 Å². The molecule has 1 aliphatic rings. The number of carbonyl (C=O) groups is 1. The molecule has 0 radical (unpaired) electrons. The van der Waals surface area contributed by atoms with E-state index in [1.807, 2.05) is 58.9 Å². The molecule has 0 unspecified atom stereocenters. The van der Waals surface area contributed by atoms with Gasteiger partial charge in [-0.2, -0.15) is 4.98 Å². The topological polar surface area (TPSA) is 102 Å². The van der Waals surface area contributed by atoms with Crippen molar-refractivity contribution in [2.75, 3.05) is 61.5 Å². The predicted molar refractivity (Wildman–Crippen MR) is 162 cm³/mol. The van der Waals surface area contributed by atoms with Gasteiger partial charge in [0.2, 0.25) is 5.95 Å². The fourth-order valence-electron chi connectivity index (χ4n) is 4.39. The number of nitrogens with zero attached hydrogens (tertiary/aromatic N) is 7. The van der Waals surface area contributed by atoms with E-state index < -0.39 is 0 Å².